The first kappa shape index (κ1) is 26.0. The highest BCUT2D eigenvalue weighted by Crippen LogP contribution is 2.24. The number of rotatable bonds is 10. The third-order valence-electron chi connectivity index (χ3n) is 6.25. The molecule has 2 aromatic rings. The smallest absolute Gasteiger partial charge is 0.272 e. The number of hydroxylamine groups is 1. The molecular weight excluding hydrogens is 448 g/mol. The van der Waals surface area contributed by atoms with E-state index in [-0.39, 0.29) is 12.3 Å². The Kier molecular flexibility index (Phi) is 9.47. The molecule has 0 bridgehead atoms. The number of nitrogens with one attached hydrogen (secondary N) is 1. The van der Waals surface area contributed by atoms with Crippen molar-refractivity contribution in [3.8, 4) is 11.8 Å². The van der Waals surface area contributed by atoms with E-state index in [1.165, 1.54) is 5.48 Å². The van der Waals surface area contributed by atoms with Crippen LogP contribution in [0.3, 0.4) is 0 Å². The van der Waals surface area contributed by atoms with E-state index in [0.717, 1.165) is 17.0 Å². The van der Waals surface area contributed by atoms with Crippen molar-refractivity contribution < 1.29 is 24.6 Å². The summed E-state index contributed by atoms with van der Waals surface area (Å²) in [5.74, 6) is -1.49. The van der Waals surface area contributed by atoms with E-state index in [2.05, 4.69) is 11.0 Å². The summed E-state index contributed by atoms with van der Waals surface area (Å²) >= 11 is 0. The van der Waals surface area contributed by atoms with Gasteiger partial charge in [0, 0.05) is 26.2 Å². The van der Waals surface area contributed by atoms with Gasteiger partial charge in [0.25, 0.3) is 5.91 Å². The third-order valence-corrected chi connectivity index (χ3v) is 6.25. The van der Waals surface area contributed by atoms with Gasteiger partial charge in [-0.2, -0.15) is 5.26 Å². The van der Waals surface area contributed by atoms with Crippen LogP contribution in [0.25, 0.3) is 0 Å². The van der Waals surface area contributed by atoms with Crippen LogP contribution in [0, 0.1) is 17.2 Å². The molecule has 0 saturated carbocycles. The number of aliphatic hydroxyl groups is 1. The summed E-state index contributed by atoms with van der Waals surface area (Å²) in [5.41, 5.74) is 3.92. The fourth-order valence-corrected chi connectivity index (χ4v) is 4.36. The van der Waals surface area contributed by atoms with Crippen LogP contribution >= 0.6 is 0 Å². The number of hydrogen-bond acceptors (Lipinski definition) is 7. The molecule has 0 radical (unpaired) electrons. The normalized spacial score (nSPS) is 15.1. The van der Waals surface area contributed by atoms with Crippen molar-refractivity contribution in [2.45, 2.75) is 32.3 Å². The quantitative estimate of drug-likeness (QED) is 0.351. The van der Waals surface area contributed by atoms with Crippen LogP contribution in [0.1, 0.15) is 30.9 Å². The van der Waals surface area contributed by atoms with Crippen LogP contribution in [-0.2, 0) is 16.0 Å². The van der Waals surface area contributed by atoms with Crippen molar-refractivity contribution in [2.75, 3.05) is 37.7 Å². The Morgan fingerprint density at radius 2 is 1.80 bits per heavy atom. The topological polar surface area (TPSA) is 126 Å². The number of carbonyl (C=O) groups is 2. The van der Waals surface area contributed by atoms with Gasteiger partial charge in [0.2, 0.25) is 5.91 Å². The number of benzene rings is 2. The molecule has 35 heavy (non-hydrogen) atoms. The minimum Gasteiger partial charge on any atom is -0.494 e. The second-order valence-corrected chi connectivity index (χ2v) is 8.44. The number of piperazine rings is 1. The van der Waals surface area contributed by atoms with Crippen molar-refractivity contribution in [3.63, 3.8) is 0 Å². The molecule has 9 heteroatoms. The monoisotopic (exact) mass is 480 g/mol. The number of aryl methyl sites for hydroxylation is 1. The largest absolute Gasteiger partial charge is 0.494 e. The Bertz CT molecular complexity index is 1030. The summed E-state index contributed by atoms with van der Waals surface area (Å²) in [5, 5.41) is 28.9. The molecule has 3 N–H and O–H groups in total. The zero-order valence-electron chi connectivity index (χ0n) is 19.9. The number of nitriles is 1. The minimum atomic E-state index is -1.65. The van der Waals surface area contributed by atoms with Crippen molar-refractivity contribution in [1.82, 2.24) is 10.4 Å². The van der Waals surface area contributed by atoms with Crippen LogP contribution in [0.5, 0.6) is 5.75 Å². The number of para-hydroxylation sites is 1. The van der Waals surface area contributed by atoms with E-state index in [9.17, 15) is 20.0 Å². The van der Waals surface area contributed by atoms with E-state index >= 15 is 0 Å². The molecule has 3 rings (SSSR count). The van der Waals surface area contributed by atoms with Gasteiger partial charge in [0.1, 0.15) is 17.9 Å². The lowest BCUT2D eigenvalue weighted by Crippen LogP contribution is -2.53. The van der Waals surface area contributed by atoms with E-state index in [4.69, 9.17) is 9.94 Å². The van der Waals surface area contributed by atoms with Gasteiger partial charge in [0.05, 0.1) is 23.8 Å². The molecule has 1 aliphatic heterocycles. The predicted octanol–water partition coefficient (Wildman–Crippen LogP) is 2.11. The molecule has 1 aliphatic rings. The van der Waals surface area contributed by atoms with E-state index in [0.29, 0.717) is 51.2 Å². The first-order chi connectivity index (χ1) is 17.0. The van der Waals surface area contributed by atoms with E-state index < -0.39 is 17.9 Å². The highest BCUT2D eigenvalue weighted by atomic mass is 16.5. The molecule has 1 saturated heterocycles. The van der Waals surface area contributed by atoms with Gasteiger partial charge in [-0.25, -0.2) is 5.48 Å². The Labute approximate surface area is 205 Å². The standard InChI is InChI=1S/C26H32N4O5/c1-2-35-21-12-10-19(11-13-21)6-5-8-22(24(31)25(32)28-34)26(33)30-16-14-29(15-17-30)23-9-4-3-7-20(23)18-27/h3-4,7,9-13,22,24,31,34H,2,5-6,8,14-17H2,1H3,(H,28,32)/t22-,24+/m1/s1. The molecule has 2 amide bonds. The van der Waals surface area contributed by atoms with Gasteiger partial charge in [0.15, 0.2) is 0 Å². The summed E-state index contributed by atoms with van der Waals surface area (Å²) in [4.78, 5) is 28.9. The molecule has 0 aromatic heterocycles. The summed E-state index contributed by atoms with van der Waals surface area (Å²) in [6.07, 6.45) is -0.110. The SMILES string of the molecule is CCOc1ccc(CCC[C@@H](C(=O)N2CCN(c3ccccc3C#N)CC2)[C@H](O)C(=O)NO)cc1. The van der Waals surface area contributed by atoms with Gasteiger partial charge in [-0.3, -0.25) is 14.8 Å². The highest BCUT2D eigenvalue weighted by Gasteiger charge is 2.35. The molecule has 0 aliphatic carbocycles. The average molecular weight is 481 g/mol. The van der Waals surface area contributed by atoms with Crippen LogP contribution in [0.2, 0.25) is 0 Å². The van der Waals surface area contributed by atoms with Crippen LogP contribution in [-0.4, -0.2) is 65.9 Å². The van der Waals surface area contributed by atoms with Crippen LogP contribution in [0.15, 0.2) is 48.5 Å². The number of carbonyl (C=O) groups excluding carboxylic acids is 2. The molecule has 0 spiro atoms. The maximum absolute atomic E-state index is 13.3. The number of ether oxygens (including phenoxy) is 1. The lowest BCUT2D eigenvalue weighted by molar-refractivity contribution is -0.150. The summed E-state index contributed by atoms with van der Waals surface area (Å²) in [6, 6.07) is 17.2. The Morgan fingerprint density at radius 3 is 2.43 bits per heavy atom. The molecular formula is C26H32N4O5. The zero-order valence-corrected chi connectivity index (χ0v) is 19.9. The fraction of sp³-hybridized carbons (Fsp3) is 0.423. The molecule has 186 valence electrons. The molecule has 0 unspecified atom stereocenters. The minimum absolute atomic E-state index is 0.290. The second kappa shape index (κ2) is 12.7. The van der Waals surface area contributed by atoms with Crippen molar-refractivity contribution >= 4 is 17.5 Å². The predicted molar refractivity (Wildman–Crippen MR) is 130 cm³/mol. The third kappa shape index (κ3) is 6.72. The highest BCUT2D eigenvalue weighted by molar-refractivity contribution is 5.88. The maximum Gasteiger partial charge on any atom is 0.272 e. The first-order valence-corrected chi connectivity index (χ1v) is 11.8. The molecule has 2 atom stereocenters. The van der Waals surface area contributed by atoms with Gasteiger partial charge in [-0.1, -0.05) is 24.3 Å². The van der Waals surface area contributed by atoms with Crippen LogP contribution in [0.4, 0.5) is 5.69 Å². The first-order valence-electron chi connectivity index (χ1n) is 11.8. The Hall–Kier alpha value is -3.61. The number of aliphatic hydroxyl groups excluding tert-OH is 1. The molecule has 1 fully saturated rings. The van der Waals surface area contributed by atoms with Gasteiger partial charge in [-0.05, 0) is 56.0 Å². The number of amides is 2. The van der Waals surface area contributed by atoms with E-state index in [1.807, 2.05) is 49.4 Å². The van der Waals surface area contributed by atoms with Gasteiger partial charge < -0.3 is 19.6 Å². The number of nitrogens with zero attached hydrogens (tertiary/aromatic N) is 3. The summed E-state index contributed by atoms with van der Waals surface area (Å²) in [7, 11) is 0. The lowest BCUT2D eigenvalue weighted by atomic mass is 9.92. The average Bonchev–Trinajstić information content (AvgIpc) is 2.91. The molecule has 2 aromatic carbocycles. The van der Waals surface area contributed by atoms with Crippen molar-refractivity contribution in [1.29, 1.82) is 5.26 Å². The number of anilines is 1. The second-order valence-electron chi connectivity index (χ2n) is 8.44. The number of hydrogen-bond donors (Lipinski definition) is 3. The molecule has 1 heterocycles. The van der Waals surface area contributed by atoms with Crippen molar-refractivity contribution in [3.05, 3.63) is 59.7 Å². The molecule has 9 nitrogen and oxygen atoms in total. The summed E-state index contributed by atoms with van der Waals surface area (Å²) in [6.45, 7) is 4.39. The zero-order chi connectivity index (χ0) is 25.2. The summed E-state index contributed by atoms with van der Waals surface area (Å²) < 4.78 is 5.45. The lowest BCUT2D eigenvalue weighted by Gasteiger charge is -2.38. The van der Waals surface area contributed by atoms with Gasteiger partial charge in [-0.15, -0.1) is 0 Å². The Morgan fingerprint density at radius 1 is 1.11 bits per heavy atom. The maximum atomic E-state index is 13.3. The van der Waals surface area contributed by atoms with Crippen LogP contribution < -0.4 is 15.1 Å². The fourth-order valence-electron chi connectivity index (χ4n) is 4.36. The van der Waals surface area contributed by atoms with Gasteiger partial charge >= 0.3 is 0 Å². The van der Waals surface area contributed by atoms with E-state index in [1.54, 1.807) is 11.0 Å². The van der Waals surface area contributed by atoms with Crippen molar-refractivity contribution in [2.24, 2.45) is 5.92 Å². The Balaban J connectivity index is 1.62.